The molecule has 1 aliphatic carbocycles. The third kappa shape index (κ3) is 5.73. The fraction of sp³-hybridized carbons (Fsp3) is 0.550. The van der Waals surface area contributed by atoms with Gasteiger partial charge in [0.1, 0.15) is 17.4 Å². The van der Waals surface area contributed by atoms with Gasteiger partial charge in [-0.05, 0) is 37.3 Å². The van der Waals surface area contributed by atoms with Gasteiger partial charge in [0.2, 0.25) is 10.0 Å². The monoisotopic (exact) mass is 452 g/mol. The van der Waals surface area contributed by atoms with Gasteiger partial charge in [0.05, 0.1) is 17.9 Å². The minimum absolute atomic E-state index is 0.0254. The number of nitrogens with zero attached hydrogens (tertiary/aromatic N) is 4. The standard InChI is InChI=1S/C20H28N4O6S/c1-13-7-16(13)11-24(5-6-29-4)19-10-15(20(25)26)9-18(21-19)23(3)31(27,28)12-17-8-14(2)22-30-17/h8-10,13,16H,5-7,11-12H2,1-4H3,(H,25,26). The number of aryl methyl sites for hydroxylation is 1. The summed E-state index contributed by atoms with van der Waals surface area (Å²) in [5.41, 5.74) is 0.535. The van der Waals surface area contributed by atoms with Crippen LogP contribution in [0.15, 0.2) is 22.7 Å². The molecule has 3 rings (SSSR count). The van der Waals surface area contributed by atoms with E-state index in [2.05, 4.69) is 17.1 Å². The van der Waals surface area contributed by atoms with Gasteiger partial charge in [-0.15, -0.1) is 0 Å². The number of ether oxygens (including phenoxy) is 1. The zero-order valence-electron chi connectivity index (χ0n) is 18.1. The van der Waals surface area contributed by atoms with E-state index < -0.39 is 21.7 Å². The third-order valence-corrected chi connectivity index (χ3v) is 7.08. The van der Waals surface area contributed by atoms with Gasteiger partial charge in [0.25, 0.3) is 0 Å². The van der Waals surface area contributed by atoms with Crippen LogP contribution >= 0.6 is 0 Å². The fourth-order valence-electron chi connectivity index (χ4n) is 3.29. The van der Waals surface area contributed by atoms with Crippen molar-refractivity contribution in [1.82, 2.24) is 10.1 Å². The number of carboxylic acids is 1. The van der Waals surface area contributed by atoms with Gasteiger partial charge >= 0.3 is 5.97 Å². The molecule has 1 saturated carbocycles. The largest absolute Gasteiger partial charge is 0.478 e. The van der Waals surface area contributed by atoms with Gasteiger partial charge in [0, 0.05) is 33.3 Å². The van der Waals surface area contributed by atoms with Gasteiger partial charge < -0.3 is 19.3 Å². The molecule has 1 aliphatic rings. The molecule has 2 unspecified atom stereocenters. The summed E-state index contributed by atoms with van der Waals surface area (Å²) in [6, 6.07) is 4.26. The normalized spacial score (nSPS) is 18.1. The van der Waals surface area contributed by atoms with Gasteiger partial charge in [-0.2, -0.15) is 0 Å². The Morgan fingerprint density at radius 2 is 2.00 bits per heavy atom. The van der Waals surface area contributed by atoms with Crippen molar-refractivity contribution in [2.75, 3.05) is 43.1 Å². The molecule has 170 valence electrons. The number of carbonyl (C=O) groups is 1. The number of aromatic carboxylic acids is 1. The Hall–Kier alpha value is -2.66. The predicted octanol–water partition coefficient (Wildman–Crippen LogP) is 2.15. The maximum Gasteiger partial charge on any atom is 0.335 e. The van der Waals surface area contributed by atoms with Gasteiger partial charge in [-0.25, -0.2) is 18.2 Å². The maximum absolute atomic E-state index is 12.9. The number of anilines is 2. The topological polar surface area (TPSA) is 126 Å². The van der Waals surface area contributed by atoms with Crippen LogP contribution in [0.2, 0.25) is 0 Å². The van der Waals surface area contributed by atoms with Crippen LogP contribution in [-0.2, 0) is 20.5 Å². The quantitative estimate of drug-likeness (QED) is 0.545. The van der Waals surface area contributed by atoms with Crippen LogP contribution in [0.4, 0.5) is 11.6 Å². The van der Waals surface area contributed by atoms with E-state index in [1.807, 2.05) is 4.90 Å². The molecule has 11 heteroatoms. The molecule has 0 aromatic carbocycles. The summed E-state index contributed by atoms with van der Waals surface area (Å²) in [5, 5.41) is 13.3. The lowest BCUT2D eigenvalue weighted by atomic mass is 10.2. The highest BCUT2D eigenvalue weighted by atomic mass is 32.2. The average molecular weight is 453 g/mol. The lowest BCUT2D eigenvalue weighted by Gasteiger charge is -2.26. The Morgan fingerprint density at radius 3 is 2.55 bits per heavy atom. The van der Waals surface area contributed by atoms with E-state index in [4.69, 9.17) is 9.26 Å². The first-order valence-electron chi connectivity index (χ1n) is 9.98. The second-order valence-electron chi connectivity index (χ2n) is 7.95. The zero-order chi connectivity index (χ0) is 22.8. The Balaban J connectivity index is 1.93. The summed E-state index contributed by atoms with van der Waals surface area (Å²) in [6.45, 7) is 5.52. The number of rotatable bonds is 11. The highest BCUT2D eigenvalue weighted by Crippen LogP contribution is 2.39. The molecule has 2 heterocycles. The lowest BCUT2D eigenvalue weighted by Crippen LogP contribution is -2.33. The van der Waals surface area contributed by atoms with Gasteiger partial charge in [-0.1, -0.05) is 12.1 Å². The highest BCUT2D eigenvalue weighted by Gasteiger charge is 2.34. The molecule has 2 aromatic heterocycles. The molecule has 31 heavy (non-hydrogen) atoms. The minimum atomic E-state index is -3.87. The number of aromatic nitrogens is 2. The van der Waals surface area contributed by atoms with Crippen molar-refractivity contribution in [1.29, 1.82) is 0 Å². The second-order valence-corrected chi connectivity index (χ2v) is 9.95. The lowest BCUT2D eigenvalue weighted by molar-refractivity contribution is 0.0696. The Morgan fingerprint density at radius 1 is 1.32 bits per heavy atom. The van der Waals surface area contributed by atoms with Gasteiger partial charge in [0.15, 0.2) is 5.76 Å². The molecule has 0 amide bonds. The summed E-state index contributed by atoms with van der Waals surface area (Å²) in [5.74, 6) is 0.149. The van der Waals surface area contributed by atoms with Crippen molar-refractivity contribution in [3.05, 3.63) is 35.2 Å². The Bertz CT molecular complexity index is 1040. The molecule has 0 radical (unpaired) electrons. The number of pyridine rings is 1. The van der Waals surface area contributed by atoms with E-state index in [0.29, 0.717) is 43.0 Å². The van der Waals surface area contributed by atoms with E-state index in [1.165, 1.54) is 19.2 Å². The summed E-state index contributed by atoms with van der Waals surface area (Å²) >= 11 is 0. The summed E-state index contributed by atoms with van der Waals surface area (Å²) < 4.78 is 37.0. The van der Waals surface area contributed by atoms with E-state index >= 15 is 0 Å². The van der Waals surface area contributed by atoms with Crippen LogP contribution in [0.5, 0.6) is 0 Å². The van der Waals surface area contributed by atoms with Gasteiger partial charge in [-0.3, -0.25) is 4.31 Å². The highest BCUT2D eigenvalue weighted by molar-refractivity contribution is 7.92. The molecule has 1 N–H and O–H groups in total. The second kappa shape index (κ2) is 9.23. The van der Waals surface area contributed by atoms with E-state index in [0.717, 1.165) is 10.7 Å². The van der Waals surface area contributed by atoms with Crippen molar-refractivity contribution in [2.45, 2.75) is 26.0 Å². The van der Waals surface area contributed by atoms with Crippen LogP contribution in [0.3, 0.4) is 0 Å². The number of carboxylic acid groups (broad SMARTS) is 1. The number of hydrogen-bond acceptors (Lipinski definition) is 8. The molecule has 10 nitrogen and oxygen atoms in total. The first-order valence-corrected chi connectivity index (χ1v) is 11.6. The smallest absolute Gasteiger partial charge is 0.335 e. The van der Waals surface area contributed by atoms with Crippen LogP contribution in [0.1, 0.15) is 35.2 Å². The summed E-state index contributed by atoms with van der Waals surface area (Å²) in [4.78, 5) is 18.2. The number of hydrogen-bond donors (Lipinski definition) is 1. The van der Waals surface area contributed by atoms with Crippen molar-refractivity contribution in [3.8, 4) is 0 Å². The SMILES string of the molecule is COCCN(CC1CC1C)c1cc(C(=O)O)cc(N(C)S(=O)(=O)Cc2cc(C)no2)n1. The van der Waals surface area contributed by atoms with Crippen molar-refractivity contribution in [2.24, 2.45) is 11.8 Å². The number of sulfonamides is 1. The van der Waals surface area contributed by atoms with Crippen molar-refractivity contribution < 1.29 is 27.6 Å². The first-order chi connectivity index (χ1) is 14.6. The molecule has 2 atom stereocenters. The summed E-state index contributed by atoms with van der Waals surface area (Å²) in [7, 11) is -0.934. The summed E-state index contributed by atoms with van der Waals surface area (Å²) in [6.07, 6.45) is 1.10. The van der Waals surface area contributed by atoms with Crippen molar-refractivity contribution >= 4 is 27.6 Å². The van der Waals surface area contributed by atoms with Crippen LogP contribution in [0.25, 0.3) is 0 Å². The van der Waals surface area contributed by atoms with E-state index in [-0.39, 0.29) is 17.1 Å². The Kier molecular flexibility index (Phi) is 6.85. The Labute approximate surface area is 181 Å². The molecule has 0 spiro atoms. The van der Waals surface area contributed by atoms with Crippen molar-refractivity contribution in [3.63, 3.8) is 0 Å². The maximum atomic E-state index is 12.9. The molecule has 1 fully saturated rings. The van der Waals surface area contributed by atoms with Crippen LogP contribution in [-0.4, -0.2) is 63.5 Å². The molecule has 0 bridgehead atoms. The fourth-order valence-corrected chi connectivity index (χ4v) is 4.36. The average Bonchev–Trinajstić information content (AvgIpc) is 3.26. The van der Waals surface area contributed by atoms with Crippen LogP contribution < -0.4 is 9.21 Å². The molecular formula is C20H28N4O6S. The molecular weight excluding hydrogens is 424 g/mol. The third-order valence-electron chi connectivity index (χ3n) is 5.41. The first kappa shape index (κ1) is 23.0. The molecule has 0 saturated heterocycles. The van der Waals surface area contributed by atoms with Crippen LogP contribution in [0, 0.1) is 18.8 Å². The van der Waals surface area contributed by atoms with E-state index in [9.17, 15) is 18.3 Å². The molecule has 2 aromatic rings. The van der Waals surface area contributed by atoms with E-state index in [1.54, 1.807) is 20.1 Å². The molecule has 0 aliphatic heterocycles. The predicted molar refractivity (Wildman–Crippen MR) is 115 cm³/mol. The number of methoxy groups -OCH3 is 1. The minimum Gasteiger partial charge on any atom is -0.478 e. The zero-order valence-corrected chi connectivity index (χ0v) is 18.9.